The highest BCUT2D eigenvalue weighted by Gasteiger charge is 2.45. The number of nitrogens with two attached hydrogens (primary N) is 1. The Kier molecular flexibility index (Phi) is 8.25. The average Bonchev–Trinajstić information content (AvgIpc) is 2.89. The van der Waals surface area contributed by atoms with E-state index in [1.54, 1.807) is 34.9 Å². The summed E-state index contributed by atoms with van der Waals surface area (Å²) in [5.74, 6) is 0.464. The lowest BCUT2D eigenvalue weighted by Gasteiger charge is -2.44. The van der Waals surface area contributed by atoms with E-state index in [2.05, 4.69) is 39.0 Å². The van der Waals surface area contributed by atoms with E-state index in [9.17, 15) is 10.1 Å². The minimum atomic E-state index is -0.569. The molecule has 3 aromatic carbocycles. The third-order valence-corrected chi connectivity index (χ3v) is 9.63. The smallest absolute Gasteiger partial charge is 0.162 e. The molecule has 2 N–H and O–H groups in total. The Morgan fingerprint density at radius 2 is 1.68 bits per heavy atom. The number of ketones is 1. The SMILES string of the molecule is Cc1cc(C)c(C2C(C#N)=C(N)N(c3ccc(Cl)cc3Cl)C3=C2C(=O)CC(C)(C)C3)cc1CSc1ccc(Cl)cc1. The number of thioether (sulfide) groups is 1. The first-order valence-corrected chi connectivity index (χ1v) is 15.4. The zero-order chi connectivity index (χ0) is 29.6. The van der Waals surface area contributed by atoms with Gasteiger partial charge < -0.3 is 5.73 Å². The van der Waals surface area contributed by atoms with Crippen molar-refractivity contribution in [2.24, 2.45) is 11.1 Å². The Bertz CT molecular complexity index is 1670. The lowest BCUT2D eigenvalue weighted by atomic mass is 9.68. The van der Waals surface area contributed by atoms with Crippen LogP contribution in [0.1, 0.15) is 54.9 Å². The van der Waals surface area contributed by atoms with Crippen LogP contribution >= 0.6 is 46.6 Å². The molecule has 4 nitrogen and oxygen atoms in total. The Morgan fingerprint density at radius 3 is 2.34 bits per heavy atom. The van der Waals surface area contributed by atoms with Crippen molar-refractivity contribution >= 4 is 58.0 Å². The third kappa shape index (κ3) is 5.76. The molecule has 1 atom stereocenters. The number of anilines is 1. The fourth-order valence-corrected chi connectivity index (χ4v) is 7.41. The molecule has 0 bridgehead atoms. The summed E-state index contributed by atoms with van der Waals surface area (Å²) in [5.41, 5.74) is 13.1. The number of rotatable bonds is 5. The number of nitrogens with zero attached hydrogens (tertiary/aromatic N) is 2. The first kappa shape index (κ1) is 29.6. The van der Waals surface area contributed by atoms with Gasteiger partial charge in [0.2, 0.25) is 0 Å². The molecule has 0 fully saturated rings. The van der Waals surface area contributed by atoms with Crippen LogP contribution in [0.25, 0.3) is 0 Å². The fourth-order valence-electron chi connectivity index (χ4n) is 5.83. The third-order valence-electron chi connectivity index (χ3n) is 7.78. The molecule has 0 spiro atoms. The molecule has 41 heavy (non-hydrogen) atoms. The van der Waals surface area contributed by atoms with E-state index >= 15 is 0 Å². The van der Waals surface area contributed by atoms with E-state index in [0.717, 1.165) is 38.6 Å². The monoisotopic (exact) mass is 621 g/mol. The number of allylic oxidation sites excluding steroid dienone is 3. The van der Waals surface area contributed by atoms with E-state index in [1.807, 2.05) is 31.2 Å². The van der Waals surface area contributed by atoms with Crippen molar-refractivity contribution < 1.29 is 4.79 Å². The average molecular weight is 623 g/mol. The highest BCUT2D eigenvalue weighted by molar-refractivity contribution is 7.98. The Balaban J connectivity index is 1.67. The predicted molar refractivity (Wildman–Crippen MR) is 170 cm³/mol. The van der Waals surface area contributed by atoms with Crippen LogP contribution < -0.4 is 10.6 Å². The van der Waals surface area contributed by atoms with Crippen molar-refractivity contribution in [3.05, 3.63) is 115 Å². The number of Topliss-reactive ketones (excluding diaryl/α,β-unsaturated/α-hetero) is 1. The summed E-state index contributed by atoms with van der Waals surface area (Å²) in [6.45, 7) is 8.28. The maximum Gasteiger partial charge on any atom is 0.162 e. The lowest BCUT2D eigenvalue weighted by molar-refractivity contribution is -0.118. The van der Waals surface area contributed by atoms with Crippen molar-refractivity contribution in [1.82, 2.24) is 0 Å². The number of nitriles is 1. The quantitative estimate of drug-likeness (QED) is 0.287. The summed E-state index contributed by atoms with van der Waals surface area (Å²) >= 11 is 20.6. The van der Waals surface area contributed by atoms with E-state index in [0.29, 0.717) is 44.7 Å². The van der Waals surface area contributed by atoms with E-state index < -0.39 is 5.92 Å². The molecular formula is C33H30Cl3N3OS. The molecule has 0 saturated carbocycles. The van der Waals surface area contributed by atoms with Gasteiger partial charge in [0, 0.05) is 38.4 Å². The van der Waals surface area contributed by atoms with Gasteiger partial charge in [-0.3, -0.25) is 9.69 Å². The highest BCUT2D eigenvalue weighted by Crippen LogP contribution is 2.52. The molecule has 1 aliphatic heterocycles. The van der Waals surface area contributed by atoms with Crippen LogP contribution in [0.4, 0.5) is 5.69 Å². The second-order valence-corrected chi connectivity index (χ2v) is 13.8. The number of carbonyl (C=O) groups is 1. The fraction of sp³-hybridized carbons (Fsp3) is 0.273. The maximum atomic E-state index is 14.0. The summed E-state index contributed by atoms with van der Waals surface area (Å²) in [4.78, 5) is 16.9. The Hall–Kier alpha value is -2.88. The van der Waals surface area contributed by atoms with Crippen molar-refractivity contribution in [3.8, 4) is 6.07 Å². The molecule has 1 heterocycles. The highest BCUT2D eigenvalue weighted by atomic mass is 35.5. The molecule has 0 aromatic heterocycles. The molecular weight excluding hydrogens is 593 g/mol. The number of benzene rings is 3. The van der Waals surface area contributed by atoms with Crippen molar-refractivity contribution in [3.63, 3.8) is 0 Å². The van der Waals surface area contributed by atoms with Gasteiger partial charge in [0.25, 0.3) is 0 Å². The molecule has 2 aliphatic rings. The zero-order valence-electron chi connectivity index (χ0n) is 23.3. The summed E-state index contributed by atoms with van der Waals surface area (Å²) in [5, 5.41) is 12.1. The molecule has 1 aliphatic carbocycles. The van der Waals surface area contributed by atoms with Crippen LogP contribution in [0.5, 0.6) is 0 Å². The van der Waals surface area contributed by atoms with Gasteiger partial charge in [-0.2, -0.15) is 5.26 Å². The van der Waals surface area contributed by atoms with E-state index in [-0.39, 0.29) is 17.0 Å². The molecule has 1 unspecified atom stereocenters. The van der Waals surface area contributed by atoms with Crippen LogP contribution in [-0.2, 0) is 10.5 Å². The topological polar surface area (TPSA) is 70.1 Å². The van der Waals surface area contributed by atoms with Gasteiger partial charge in [0.05, 0.1) is 28.3 Å². The van der Waals surface area contributed by atoms with Gasteiger partial charge in [0.1, 0.15) is 5.82 Å². The summed E-state index contributed by atoms with van der Waals surface area (Å²) in [7, 11) is 0. The normalized spacial score (nSPS) is 18.4. The summed E-state index contributed by atoms with van der Waals surface area (Å²) < 4.78 is 0. The molecule has 3 aromatic rings. The number of carbonyl (C=O) groups excluding carboxylic acids is 1. The van der Waals surface area contributed by atoms with Crippen LogP contribution in [0.15, 0.2) is 82.2 Å². The number of hydrogen-bond acceptors (Lipinski definition) is 5. The van der Waals surface area contributed by atoms with Gasteiger partial charge in [-0.15, -0.1) is 11.8 Å². The number of aryl methyl sites for hydroxylation is 2. The molecule has 8 heteroatoms. The predicted octanol–water partition coefficient (Wildman–Crippen LogP) is 9.50. The lowest BCUT2D eigenvalue weighted by Crippen LogP contribution is -2.42. The second-order valence-electron chi connectivity index (χ2n) is 11.5. The molecule has 0 saturated heterocycles. The van der Waals surface area contributed by atoms with Gasteiger partial charge >= 0.3 is 0 Å². The van der Waals surface area contributed by atoms with Gasteiger partial charge in [-0.1, -0.05) is 60.8 Å². The standard InChI is InChI=1S/C33H30Cl3N3OS/c1-18-11-19(2)24(12-20(18)17-41-23-8-5-21(34)6-9-23)30-25(16-37)32(38)39(27-10-7-22(35)13-26(27)36)28-14-33(3,4)15-29(40)31(28)30/h5-13,30H,14-15,17,38H2,1-4H3. The summed E-state index contributed by atoms with van der Waals surface area (Å²) in [6, 6.07) is 19.6. The van der Waals surface area contributed by atoms with Crippen LogP contribution in [-0.4, -0.2) is 5.78 Å². The number of halogens is 3. The Labute approximate surface area is 260 Å². The first-order chi connectivity index (χ1) is 19.4. The van der Waals surface area contributed by atoms with Gasteiger partial charge in [0.15, 0.2) is 5.78 Å². The molecule has 5 rings (SSSR count). The van der Waals surface area contributed by atoms with Crippen molar-refractivity contribution in [1.29, 1.82) is 5.26 Å². The molecule has 0 amide bonds. The van der Waals surface area contributed by atoms with E-state index in [1.165, 1.54) is 0 Å². The van der Waals surface area contributed by atoms with Crippen LogP contribution in [0.2, 0.25) is 15.1 Å². The van der Waals surface area contributed by atoms with Crippen LogP contribution in [0.3, 0.4) is 0 Å². The molecule has 210 valence electrons. The van der Waals surface area contributed by atoms with Crippen molar-refractivity contribution in [2.45, 2.75) is 57.1 Å². The van der Waals surface area contributed by atoms with Crippen molar-refractivity contribution in [2.75, 3.05) is 4.90 Å². The second kappa shape index (κ2) is 11.4. The number of hydrogen-bond donors (Lipinski definition) is 1. The summed E-state index contributed by atoms with van der Waals surface area (Å²) in [6.07, 6.45) is 0.987. The molecule has 0 radical (unpaired) electrons. The van der Waals surface area contributed by atoms with Gasteiger partial charge in [-0.05, 0) is 90.4 Å². The van der Waals surface area contributed by atoms with Crippen LogP contribution in [0, 0.1) is 30.6 Å². The maximum absolute atomic E-state index is 14.0. The van der Waals surface area contributed by atoms with Gasteiger partial charge in [-0.25, -0.2) is 0 Å². The Morgan fingerprint density at radius 1 is 1.00 bits per heavy atom. The minimum absolute atomic E-state index is 0.0219. The first-order valence-electron chi connectivity index (χ1n) is 13.3. The largest absolute Gasteiger partial charge is 0.384 e. The van der Waals surface area contributed by atoms with E-state index in [4.69, 9.17) is 40.5 Å². The minimum Gasteiger partial charge on any atom is -0.384 e. The zero-order valence-corrected chi connectivity index (χ0v) is 26.4.